The summed E-state index contributed by atoms with van der Waals surface area (Å²) in [6.07, 6.45) is 4.05. The van der Waals surface area contributed by atoms with E-state index in [1.54, 1.807) is 20.8 Å². The van der Waals surface area contributed by atoms with Gasteiger partial charge in [-0.25, -0.2) is 9.78 Å². The number of ether oxygens (including phenoxy) is 1. The molecule has 0 unspecified atom stereocenters. The van der Waals surface area contributed by atoms with Gasteiger partial charge in [-0.15, -0.1) is 0 Å². The molecule has 0 bridgehead atoms. The number of hydrogen-bond donors (Lipinski definition) is 0. The summed E-state index contributed by atoms with van der Waals surface area (Å²) < 4.78 is 5.37. The van der Waals surface area contributed by atoms with E-state index < -0.39 is 11.6 Å². The lowest BCUT2D eigenvalue weighted by molar-refractivity contribution is -0.159. The minimum absolute atomic E-state index is 0.137. The van der Waals surface area contributed by atoms with Crippen LogP contribution in [-0.2, 0) is 9.53 Å². The van der Waals surface area contributed by atoms with Crippen molar-refractivity contribution in [3.63, 3.8) is 0 Å². The van der Waals surface area contributed by atoms with E-state index in [1.807, 2.05) is 0 Å². The molecule has 6 nitrogen and oxygen atoms in total. The lowest BCUT2D eigenvalue weighted by Gasteiger charge is -2.27. The summed E-state index contributed by atoms with van der Waals surface area (Å²) in [7, 11) is 0. The van der Waals surface area contributed by atoms with Crippen LogP contribution in [0.4, 0.5) is 0 Å². The Bertz CT molecular complexity index is 557. The molecule has 2 heterocycles. The lowest BCUT2D eigenvalue weighted by atomic mass is 10.1. The van der Waals surface area contributed by atoms with Gasteiger partial charge < -0.3 is 9.64 Å². The van der Waals surface area contributed by atoms with Crippen molar-refractivity contribution in [1.82, 2.24) is 14.9 Å². The summed E-state index contributed by atoms with van der Waals surface area (Å²) in [5, 5.41) is 0.147. The van der Waals surface area contributed by atoms with Crippen molar-refractivity contribution in [2.75, 3.05) is 6.54 Å². The number of likely N-dealkylation sites (tertiary alicyclic amines) is 1. The van der Waals surface area contributed by atoms with E-state index in [-0.39, 0.29) is 22.7 Å². The first kappa shape index (κ1) is 15.7. The Hall–Kier alpha value is -1.69. The highest BCUT2D eigenvalue weighted by molar-refractivity contribution is 6.29. The van der Waals surface area contributed by atoms with Crippen molar-refractivity contribution < 1.29 is 14.3 Å². The molecule has 1 aromatic heterocycles. The summed E-state index contributed by atoms with van der Waals surface area (Å²) >= 11 is 5.75. The highest BCUT2D eigenvalue weighted by Gasteiger charge is 2.37. The minimum atomic E-state index is -0.579. The zero-order valence-corrected chi connectivity index (χ0v) is 13.1. The largest absolute Gasteiger partial charge is 0.458 e. The third-order valence-electron chi connectivity index (χ3n) is 3.02. The predicted octanol–water partition coefficient (Wildman–Crippen LogP) is 2.08. The predicted molar refractivity (Wildman–Crippen MR) is 76.9 cm³/mol. The van der Waals surface area contributed by atoms with Crippen LogP contribution in [0.3, 0.4) is 0 Å². The minimum Gasteiger partial charge on any atom is -0.458 e. The van der Waals surface area contributed by atoms with Gasteiger partial charge >= 0.3 is 5.97 Å². The molecule has 0 saturated carbocycles. The van der Waals surface area contributed by atoms with Crippen LogP contribution in [0.25, 0.3) is 0 Å². The second kappa shape index (κ2) is 5.97. The second-order valence-electron chi connectivity index (χ2n) is 5.92. The third-order valence-corrected chi connectivity index (χ3v) is 3.20. The molecule has 2 rings (SSSR count). The Balaban J connectivity index is 2.15. The fourth-order valence-electron chi connectivity index (χ4n) is 2.22. The van der Waals surface area contributed by atoms with E-state index in [1.165, 1.54) is 17.3 Å². The maximum atomic E-state index is 12.4. The van der Waals surface area contributed by atoms with Crippen molar-refractivity contribution in [2.24, 2.45) is 0 Å². The van der Waals surface area contributed by atoms with E-state index in [2.05, 4.69) is 9.97 Å². The molecule has 114 valence electrons. The molecule has 1 fully saturated rings. The SMILES string of the molecule is CC(C)(C)OC(=O)[C@H]1CCCN1C(=O)c1cncc(Cl)n1. The topological polar surface area (TPSA) is 72.4 Å². The summed E-state index contributed by atoms with van der Waals surface area (Å²) in [5.74, 6) is -0.735. The Kier molecular flexibility index (Phi) is 4.46. The molecular formula is C14H18ClN3O3. The van der Waals surface area contributed by atoms with Gasteiger partial charge in [0, 0.05) is 6.54 Å². The maximum absolute atomic E-state index is 12.4. The first-order chi connectivity index (χ1) is 9.78. The quantitative estimate of drug-likeness (QED) is 0.782. The van der Waals surface area contributed by atoms with Gasteiger partial charge in [-0.05, 0) is 33.6 Å². The molecule has 21 heavy (non-hydrogen) atoms. The number of rotatable bonds is 2. The number of aromatic nitrogens is 2. The molecule has 0 radical (unpaired) electrons. The van der Waals surface area contributed by atoms with Crippen LogP contribution in [0.15, 0.2) is 12.4 Å². The molecule has 1 saturated heterocycles. The standard InChI is InChI=1S/C14H18ClN3O3/c1-14(2,3)21-13(20)10-5-4-6-18(10)12(19)9-7-16-8-11(15)17-9/h7-8,10H,4-6H2,1-3H3/t10-/m1/s1. The zero-order chi connectivity index (χ0) is 15.6. The van der Waals surface area contributed by atoms with Gasteiger partial charge in [0.1, 0.15) is 22.5 Å². The van der Waals surface area contributed by atoms with Gasteiger partial charge in [0.15, 0.2) is 0 Å². The number of hydrogen-bond acceptors (Lipinski definition) is 5. The fourth-order valence-corrected chi connectivity index (χ4v) is 2.36. The summed E-state index contributed by atoms with van der Waals surface area (Å²) in [6.45, 7) is 5.90. The third kappa shape index (κ3) is 3.91. The molecular weight excluding hydrogens is 294 g/mol. The highest BCUT2D eigenvalue weighted by Crippen LogP contribution is 2.23. The summed E-state index contributed by atoms with van der Waals surface area (Å²) in [6, 6.07) is -0.572. The molecule has 7 heteroatoms. The number of halogens is 1. The van der Waals surface area contributed by atoms with Crippen molar-refractivity contribution >= 4 is 23.5 Å². The van der Waals surface area contributed by atoms with Gasteiger partial charge in [-0.1, -0.05) is 11.6 Å². The maximum Gasteiger partial charge on any atom is 0.329 e. The average molecular weight is 312 g/mol. The number of carbonyl (C=O) groups excluding carboxylic acids is 2. The van der Waals surface area contributed by atoms with Crippen LogP contribution in [0, 0.1) is 0 Å². The molecule has 1 aromatic rings. The normalized spacial score (nSPS) is 18.7. The Labute approximate surface area is 128 Å². The fraction of sp³-hybridized carbons (Fsp3) is 0.571. The van der Waals surface area contributed by atoms with E-state index in [0.717, 1.165) is 6.42 Å². The summed E-state index contributed by atoms with van der Waals surface area (Å²) in [4.78, 5) is 33.9. The van der Waals surface area contributed by atoms with Crippen LogP contribution < -0.4 is 0 Å². The van der Waals surface area contributed by atoms with Crippen molar-refractivity contribution in [3.05, 3.63) is 23.2 Å². The second-order valence-corrected chi connectivity index (χ2v) is 6.30. The van der Waals surface area contributed by atoms with Gasteiger partial charge in [0.05, 0.1) is 12.4 Å². The molecule has 0 N–H and O–H groups in total. The van der Waals surface area contributed by atoms with Crippen molar-refractivity contribution in [2.45, 2.75) is 45.3 Å². The lowest BCUT2D eigenvalue weighted by Crippen LogP contribution is -2.43. The number of carbonyl (C=O) groups is 2. The monoisotopic (exact) mass is 311 g/mol. The van der Waals surface area contributed by atoms with Gasteiger partial charge in [0.2, 0.25) is 0 Å². The van der Waals surface area contributed by atoms with Gasteiger partial charge in [-0.2, -0.15) is 0 Å². The van der Waals surface area contributed by atoms with E-state index >= 15 is 0 Å². The first-order valence-electron chi connectivity index (χ1n) is 6.79. The Morgan fingerprint density at radius 2 is 2.10 bits per heavy atom. The van der Waals surface area contributed by atoms with E-state index in [9.17, 15) is 9.59 Å². The molecule has 1 aliphatic heterocycles. The van der Waals surface area contributed by atoms with Crippen LogP contribution >= 0.6 is 11.6 Å². The van der Waals surface area contributed by atoms with Crippen molar-refractivity contribution in [1.29, 1.82) is 0 Å². The number of nitrogens with zero attached hydrogens (tertiary/aromatic N) is 3. The van der Waals surface area contributed by atoms with Crippen LogP contribution in [0.2, 0.25) is 5.15 Å². The molecule has 1 aliphatic rings. The molecule has 0 aromatic carbocycles. The molecule has 1 atom stereocenters. The summed E-state index contributed by atoms with van der Waals surface area (Å²) in [5.41, 5.74) is -0.442. The van der Waals surface area contributed by atoms with E-state index in [4.69, 9.17) is 16.3 Å². The Morgan fingerprint density at radius 3 is 2.71 bits per heavy atom. The number of esters is 1. The zero-order valence-electron chi connectivity index (χ0n) is 12.3. The van der Waals surface area contributed by atoms with Gasteiger partial charge in [-0.3, -0.25) is 9.78 Å². The van der Waals surface area contributed by atoms with Crippen LogP contribution in [-0.4, -0.2) is 44.9 Å². The molecule has 1 amide bonds. The Morgan fingerprint density at radius 1 is 1.38 bits per heavy atom. The average Bonchev–Trinajstić information content (AvgIpc) is 2.85. The molecule has 0 spiro atoms. The number of amides is 1. The van der Waals surface area contributed by atoms with E-state index in [0.29, 0.717) is 13.0 Å². The van der Waals surface area contributed by atoms with Crippen molar-refractivity contribution in [3.8, 4) is 0 Å². The first-order valence-corrected chi connectivity index (χ1v) is 7.17. The molecule has 0 aliphatic carbocycles. The van der Waals surface area contributed by atoms with Crippen LogP contribution in [0.1, 0.15) is 44.1 Å². The smallest absolute Gasteiger partial charge is 0.329 e. The van der Waals surface area contributed by atoms with Crippen LogP contribution in [0.5, 0.6) is 0 Å². The highest BCUT2D eigenvalue weighted by atomic mass is 35.5. The van der Waals surface area contributed by atoms with Gasteiger partial charge in [0.25, 0.3) is 5.91 Å².